The SMILES string of the molecule is COc1ccc(C2=CSC(c3ccccc3)=NN2c2ccccc2)cc1. The van der Waals surface area contributed by atoms with Gasteiger partial charge < -0.3 is 4.74 Å². The molecule has 0 atom stereocenters. The average Bonchev–Trinajstić information content (AvgIpc) is 2.75. The maximum atomic E-state index is 5.28. The molecular formula is C22H18N2OS. The largest absolute Gasteiger partial charge is 0.497 e. The van der Waals surface area contributed by atoms with E-state index >= 15 is 0 Å². The topological polar surface area (TPSA) is 24.8 Å². The number of hydrazone groups is 1. The first-order chi connectivity index (χ1) is 12.8. The van der Waals surface area contributed by atoms with Crippen LogP contribution < -0.4 is 9.75 Å². The quantitative estimate of drug-likeness (QED) is 0.606. The number of hydrogen-bond acceptors (Lipinski definition) is 4. The summed E-state index contributed by atoms with van der Waals surface area (Å²) in [5.41, 5.74) is 4.29. The molecule has 0 radical (unpaired) electrons. The molecule has 0 unspecified atom stereocenters. The Morgan fingerprint density at radius 3 is 2.08 bits per heavy atom. The maximum absolute atomic E-state index is 5.28. The van der Waals surface area contributed by atoms with Gasteiger partial charge in [0.2, 0.25) is 0 Å². The fraction of sp³-hybridized carbons (Fsp3) is 0.0455. The van der Waals surface area contributed by atoms with E-state index in [9.17, 15) is 0 Å². The van der Waals surface area contributed by atoms with Gasteiger partial charge in [0.25, 0.3) is 0 Å². The lowest BCUT2D eigenvalue weighted by Gasteiger charge is -2.27. The normalized spacial score (nSPS) is 13.8. The highest BCUT2D eigenvalue weighted by molar-refractivity contribution is 8.17. The van der Waals surface area contributed by atoms with E-state index < -0.39 is 0 Å². The molecule has 3 nitrogen and oxygen atoms in total. The minimum absolute atomic E-state index is 0.845. The minimum atomic E-state index is 0.845. The Morgan fingerprint density at radius 2 is 1.42 bits per heavy atom. The first-order valence-corrected chi connectivity index (χ1v) is 9.23. The number of anilines is 1. The first-order valence-electron chi connectivity index (χ1n) is 8.35. The van der Waals surface area contributed by atoms with Crippen LogP contribution in [0.25, 0.3) is 5.70 Å². The van der Waals surface area contributed by atoms with Crippen molar-refractivity contribution < 1.29 is 4.74 Å². The van der Waals surface area contributed by atoms with Crippen LogP contribution in [0.5, 0.6) is 5.75 Å². The lowest BCUT2D eigenvalue weighted by atomic mass is 10.1. The van der Waals surface area contributed by atoms with Crippen molar-refractivity contribution in [3.8, 4) is 5.75 Å². The third-order valence-corrected chi connectivity index (χ3v) is 4.99. The summed E-state index contributed by atoms with van der Waals surface area (Å²) < 4.78 is 5.28. The molecule has 0 amide bonds. The van der Waals surface area contributed by atoms with Gasteiger partial charge >= 0.3 is 0 Å². The summed E-state index contributed by atoms with van der Waals surface area (Å²) in [5, 5.41) is 10.1. The molecule has 0 aliphatic carbocycles. The van der Waals surface area contributed by atoms with Gasteiger partial charge in [0.15, 0.2) is 0 Å². The van der Waals surface area contributed by atoms with E-state index in [1.807, 2.05) is 53.5 Å². The summed E-state index contributed by atoms with van der Waals surface area (Å²) in [7, 11) is 1.68. The van der Waals surface area contributed by atoms with E-state index in [1.54, 1.807) is 18.9 Å². The van der Waals surface area contributed by atoms with Crippen molar-refractivity contribution in [3.05, 3.63) is 101 Å². The number of methoxy groups -OCH3 is 1. The van der Waals surface area contributed by atoms with Gasteiger partial charge in [-0.15, -0.1) is 0 Å². The van der Waals surface area contributed by atoms with E-state index in [0.717, 1.165) is 33.3 Å². The molecule has 4 rings (SSSR count). The van der Waals surface area contributed by atoms with E-state index in [1.165, 1.54) is 0 Å². The average molecular weight is 358 g/mol. The van der Waals surface area contributed by atoms with Crippen LogP contribution in [0.3, 0.4) is 0 Å². The van der Waals surface area contributed by atoms with Gasteiger partial charge in [0.05, 0.1) is 18.5 Å². The fourth-order valence-electron chi connectivity index (χ4n) is 2.75. The van der Waals surface area contributed by atoms with Crippen LogP contribution in [0.2, 0.25) is 0 Å². The van der Waals surface area contributed by atoms with E-state index in [4.69, 9.17) is 9.84 Å². The van der Waals surface area contributed by atoms with Gasteiger partial charge in [0.1, 0.15) is 10.8 Å². The van der Waals surface area contributed by atoms with Crippen molar-refractivity contribution in [2.45, 2.75) is 0 Å². The molecule has 3 aromatic carbocycles. The second-order valence-corrected chi connectivity index (χ2v) is 6.63. The maximum Gasteiger partial charge on any atom is 0.129 e. The molecule has 0 aromatic heterocycles. The molecule has 0 saturated heterocycles. The summed E-state index contributed by atoms with van der Waals surface area (Å²) >= 11 is 1.64. The third-order valence-electron chi connectivity index (χ3n) is 4.11. The van der Waals surface area contributed by atoms with Crippen LogP contribution in [0.1, 0.15) is 11.1 Å². The Kier molecular flexibility index (Phi) is 4.75. The number of ether oxygens (including phenoxy) is 1. The summed E-state index contributed by atoms with van der Waals surface area (Å²) in [6.45, 7) is 0. The summed E-state index contributed by atoms with van der Waals surface area (Å²) in [5.74, 6) is 0.845. The predicted octanol–water partition coefficient (Wildman–Crippen LogP) is 5.61. The Bertz CT molecular complexity index is 935. The monoisotopic (exact) mass is 358 g/mol. The Labute approximate surface area is 157 Å². The van der Waals surface area contributed by atoms with E-state index in [2.05, 4.69) is 41.8 Å². The van der Waals surface area contributed by atoms with Crippen molar-refractivity contribution in [2.75, 3.05) is 12.1 Å². The van der Waals surface area contributed by atoms with Crippen LogP contribution in [0.4, 0.5) is 5.69 Å². The van der Waals surface area contributed by atoms with Crippen molar-refractivity contribution in [1.82, 2.24) is 0 Å². The number of hydrogen-bond donors (Lipinski definition) is 0. The highest BCUT2D eigenvalue weighted by atomic mass is 32.2. The second kappa shape index (κ2) is 7.50. The summed E-state index contributed by atoms with van der Waals surface area (Å²) in [4.78, 5) is 0. The van der Waals surface area contributed by atoms with Crippen molar-refractivity contribution in [1.29, 1.82) is 0 Å². The third kappa shape index (κ3) is 3.37. The smallest absolute Gasteiger partial charge is 0.129 e. The number of benzene rings is 3. The zero-order valence-corrected chi connectivity index (χ0v) is 15.2. The molecular weight excluding hydrogens is 340 g/mol. The van der Waals surface area contributed by atoms with Crippen LogP contribution >= 0.6 is 11.8 Å². The Balaban J connectivity index is 1.75. The van der Waals surface area contributed by atoms with Gasteiger partial charge in [-0.3, -0.25) is 0 Å². The highest BCUT2D eigenvalue weighted by Gasteiger charge is 2.20. The standard InChI is InChI=1S/C22H18N2OS/c1-25-20-14-12-17(13-15-20)21-16-26-22(18-8-4-2-5-9-18)23-24(21)19-10-6-3-7-11-19/h2-16H,1H3. The van der Waals surface area contributed by atoms with Gasteiger partial charge in [-0.1, -0.05) is 60.3 Å². The van der Waals surface area contributed by atoms with Gasteiger partial charge in [-0.25, -0.2) is 5.01 Å². The number of rotatable bonds is 4. The molecule has 0 spiro atoms. The zero-order valence-electron chi connectivity index (χ0n) is 14.4. The molecule has 1 aliphatic heterocycles. The van der Waals surface area contributed by atoms with Crippen molar-refractivity contribution >= 4 is 28.2 Å². The molecule has 0 saturated carbocycles. The molecule has 0 N–H and O–H groups in total. The number of thioether (sulfide) groups is 1. The van der Waals surface area contributed by atoms with Crippen LogP contribution in [-0.4, -0.2) is 12.2 Å². The molecule has 3 aromatic rings. The fourth-order valence-corrected chi connectivity index (χ4v) is 3.61. The van der Waals surface area contributed by atoms with Gasteiger partial charge in [0, 0.05) is 16.5 Å². The Hall–Kier alpha value is -2.98. The second-order valence-electron chi connectivity index (χ2n) is 5.77. The van der Waals surface area contributed by atoms with E-state index in [0.29, 0.717) is 0 Å². The molecule has 4 heteroatoms. The predicted molar refractivity (Wildman–Crippen MR) is 110 cm³/mol. The van der Waals surface area contributed by atoms with Crippen LogP contribution in [-0.2, 0) is 0 Å². The van der Waals surface area contributed by atoms with Crippen molar-refractivity contribution in [2.24, 2.45) is 5.10 Å². The molecule has 1 heterocycles. The van der Waals surface area contributed by atoms with Crippen LogP contribution in [0.15, 0.2) is 95.4 Å². The summed E-state index contributed by atoms with van der Waals surface area (Å²) in [6, 6.07) is 28.5. The molecule has 0 bridgehead atoms. The van der Waals surface area contributed by atoms with Gasteiger partial charge in [-0.05, 0) is 36.4 Å². The Morgan fingerprint density at radius 1 is 0.769 bits per heavy atom. The van der Waals surface area contributed by atoms with Crippen molar-refractivity contribution in [3.63, 3.8) is 0 Å². The molecule has 0 fully saturated rings. The van der Waals surface area contributed by atoms with Gasteiger partial charge in [-0.2, -0.15) is 5.10 Å². The first kappa shape index (κ1) is 16.5. The minimum Gasteiger partial charge on any atom is -0.497 e. The number of nitrogens with zero attached hydrogens (tertiary/aromatic N) is 2. The zero-order chi connectivity index (χ0) is 17.8. The van der Waals surface area contributed by atoms with E-state index in [-0.39, 0.29) is 0 Å². The highest BCUT2D eigenvalue weighted by Crippen LogP contribution is 2.35. The molecule has 128 valence electrons. The molecule has 1 aliphatic rings. The lowest BCUT2D eigenvalue weighted by molar-refractivity contribution is 0.415. The number of para-hydroxylation sites is 1. The van der Waals surface area contributed by atoms with Crippen LogP contribution in [0, 0.1) is 0 Å². The lowest BCUT2D eigenvalue weighted by Crippen LogP contribution is -2.20. The summed E-state index contributed by atoms with van der Waals surface area (Å²) in [6.07, 6.45) is 0. The molecule has 26 heavy (non-hydrogen) atoms.